The lowest BCUT2D eigenvalue weighted by Gasteiger charge is -2.63. The fraction of sp³-hybridized carbons (Fsp3) is 0.882. The van der Waals surface area contributed by atoms with E-state index in [9.17, 15) is 40.2 Å². The van der Waals surface area contributed by atoms with E-state index in [0.29, 0.717) is 31.3 Å². The van der Waals surface area contributed by atoms with Crippen molar-refractivity contribution < 1.29 is 73.4 Å². The second-order valence-electron chi connectivity index (χ2n) is 15.5. The van der Waals surface area contributed by atoms with Gasteiger partial charge in [-0.1, -0.05) is 20.8 Å². The summed E-state index contributed by atoms with van der Waals surface area (Å²) in [6, 6.07) is 0. The summed E-state index contributed by atoms with van der Waals surface area (Å²) in [6.07, 6.45) is -11.2. The first-order valence-electron chi connectivity index (χ1n) is 17.4. The molecule has 0 bridgehead atoms. The molecule has 4 aliphatic heterocycles. The Kier molecular flexibility index (Phi) is 10.6. The van der Waals surface area contributed by atoms with Crippen molar-refractivity contribution in [3.8, 4) is 0 Å². The topological polar surface area (TPSA) is 220 Å². The summed E-state index contributed by atoms with van der Waals surface area (Å²) in [6.45, 7) is 8.99. The maximum Gasteiger partial charge on any atom is 0.336 e. The summed E-state index contributed by atoms with van der Waals surface area (Å²) in [4.78, 5) is 24.0. The maximum absolute atomic E-state index is 12.4. The fourth-order valence-corrected chi connectivity index (χ4v) is 9.62. The monoisotopic (exact) mass is 700 g/mol. The number of fused-ring (bicyclic) bond motifs is 3. The predicted molar refractivity (Wildman–Crippen MR) is 165 cm³/mol. The molecule has 0 radical (unpaired) electrons. The molecule has 15 heteroatoms. The van der Waals surface area contributed by atoms with E-state index in [-0.39, 0.29) is 36.4 Å². The van der Waals surface area contributed by atoms with Crippen molar-refractivity contribution in [1.82, 2.24) is 0 Å². The third-order valence-corrected chi connectivity index (χ3v) is 12.4. The van der Waals surface area contributed by atoms with Gasteiger partial charge in [-0.15, -0.1) is 0 Å². The summed E-state index contributed by atoms with van der Waals surface area (Å²) < 4.78 is 40.6. The van der Waals surface area contributed by atoms with E-state index in [0.717, 1.165) is 6.42 Å². The summed E-state index contributed by atoms with van der Waals surface area (Å²) in [5.74, 6) is -0.964. The molecule has 0 amide bonds. The molecule has 3 saturated heterocycles. The third kappa shape index (κ3) is 6.70. The first-order valence-corrected chi connectivity index (χ1v) is 17.4. The molecule has 5 fully saturated rings. The Bertz CT molecular complexity index is 1260. The standard InChI is InChI=1S/C34H52O15/c1-14-23(36)25(38)27(40)31(45-14)49-28-26(39)24(37)20(13-44-15(2)35)47-32(28)48-22-8-10-34(5)18-12-19(17-9-11-43-29(17)41)46-30(42)16(18)6-7-21(34)33(22,3)4/h9,14,16,18-28,30-32,36-40,42H,6-8,10-13H2,1-5H3/t14-,16+,18-,19+,20+,21-,22-,23-,24+,25+,26-,27+,28+,30?,31-,32-,34+/m0/s1. The molecule has 1 unspecified atom stereocenters. The van der Waals surface area contributed by atoms with Crippen LogP contribution in [0.5, 0.6) is 0 Å². The number of hydrogen-bond acceptors (Lipinski definition) is 15. The minimum atomic E-state index is -1.68. The molecule has 17 atom stereocenters. The van der Waals surface area contributed by atoms with Gasteiger partial charge in [-0.2, -0.15) is 0 Å². The highest BCUT2D eigenvalue weighted by Crippen LogP contribution is 2.64. The van der Waals surface area contributed by atoms with E-state index < -0.39 is 97.3 Å². The van der Waals surface area contributed by atoms with E-state index in [2.05, 4.69) is 20.8 Å². The van der Waals surface area contributed by atoms with Gasteiger partial charge in [0.2, 0.25) is 0 Å². The lowest BCUT2D eigenvalue weighted by atomic mass is 9.44. The SMILES string of the molecule is CC(=O)OC[C@H]1O[C@@H](O[C@H]2CC[C@]3(C)[C@H]4C[C@H](C5=CCOC5=O)OC(O)[C@@H]4CC[C@H]3C2(C)C)[C@H](O[C@@H]2O[C@@H](C)[C@H](O)[C@@H](O)[C@H]2O)[C@@H](O)[C@@H]1O. The average Bonchev–Trinajstić information content (AvgIpc) is 3.48. The molecule has 49 heavy (non-hydrogen) atoms. The van der Waals surface area contributed by atoms with Gasteiger partial charge in [-0.3, -0.25) is 4.79 Å². The third-order valence-electron chi connectivity index (χ3n) is 12.4. The van der Waals surface area contributed by atoms with Crippen LogP contribution in [-0.4, -0.2) is 136 Å². The quantitative estimate of drug-likeness (QED) is 0.148. The number of aliphatic hydroxyl groups is 6. The number of aliphatic hydroxyl groups excluding tert-OH is 6. The van der Waals surface area contributed by atoms with Crippen molar-refractivity contribution in [2.75, 3.05) is 13.2 Å². The minimum absolute atomic E-state index is 0.0512. The van der Waals surface area contributed by atoms with Crippen molar-refractivity contribution in [1.29, 1.82) is 0 Å². The lowest BCUT2D eigenvalue weighted by Crippen LogP contribution is -2.65. The summed E-state index contributed by atoms with van der Waals surface area (Å²) in [7, 11) is 0. The highest BCUT2D eigenvalue weighted by atomic mass is 16.8. The van der Waals surface area contributed by atoms with Gasteiger partial charge in [0.15, 0.2) is 18.9 Å². The van der Waals surface area contributed by atoms with Crippen LogP contribution in [0.15, 0.2) is 11.6 Å². The van der Waals surface area contributed by atoms with Gasteiger partial charge < -0.3 is 63.8 Å². The van der Waals surface area contributed by atoms with Gasteiger partial charge in [0.25, 0.3) is 0 Å². The van der Waals surface area contributed by atoms with Crippen LogP contribution in [0.3, 0.4) is 0 Å². The molecule has 2 aliphatic carbocycles. The number of ether oxygens (including phenoxy) is 7. The van der Waals surface area contributed by atoms with Crippen LogP contribution in [0, 0.1) is 28.6 Å². The zero-order chi connectivity index (χ0) is 35.6. The second kappa shape index (κ2) is 14.0. The second-order valence-corrected chi connectivity index (χ2v) is 15.5. The van der Waals surface area contributed by atoms with E-state index in [1.54, 1.807) is 6.08 Å². The molecule has 0 aromatic carbocycles. The van der Waals surface area contributed by atoms with Crippen molar-refractivity contribution in [3.63, 3.8) is 0 Å². The van der Waals surface area contributed by atoms with Crippen LogP contribution < -0.4 is 0 Å². The van der Waals surface area contributed by atoms with E-state index in [4.69, 9.17) is 33.2 Å². The number of rotatable bonds is 7. The molecule has 0 aromatic heterocycles. The van der Waals surface area contributed by atoms with Gasteiger partial charge in [-0.05, 0) is 67.8 Å². The molecule has 6 aliphatic rings. The molecular weight excluding hydrogens is 648 g/mol. The molecule has 278 valence electrons. The number of hydrogen-bond donors (Lipinski definition) is 6. The number of carbonyl (C=O) groups is 2. The summed E-state index contributed by atoms with van der Waals surface area (Å²) in [5.41, 5.74) is -0.284. The Morgan fingerprint density at radius 3 is 2.31 bits per heavy atom. The van der Waals surface area contributed by atoms with Gasteiger partial charge >= 0.3 is 11.9 Å². The molecule has 0 spiro atoms. The van der Waals surface area contributed by atoms with Gasteiger partial charge in [0, 0.05) is 12.8 Å². The van der Waals surface area contributed by atoms with Gasteiger partial charge in [0.1, 0.15) is 55.9 Å². The molecule has 0 aromatic rings. The summed E-state index contributed by atoms with van der Waals surface area (Å²) in [5, 5.41) is 64.6. The van der Waals surface area contributed by atoms with Gasteiger partial charge in [-0.25, -0.2) is 4.79 Å². The zero-order valence-corrected chi connectivity index (χ0v) is 28.6. The molecule has 6 N–H and O–H groups in total. The lowest BCUT2D eigenvalue weighted by molar-refractivity contribution is -0.376. The fourth-order valence-electron chi connectivity index (χ4n) is 9.62. The van der Waals surface area contributed by atoms with Crippen molar-refractivity contribution in [3.05, 3.63) is 11.6 Å². The van der Waals surface area contributed by atoms with Crippen LogP contribution in [0.1, 0.15) is 66.7 Å². The largest absolute Gasteiger partial charge is 0.463 e. The zero-order valence-electron chi connectivity index (χ0n) is 28.6. The Morgan fingerprint density at radius 1 is 0.898 bits per heavy atom. The minimum Gasteiger partial charge on any atom is -0.463 e. The van der Waals surface area contributed by atoms with E-state index in [1.165, 1.54) is 13.8 Å². The average molecular weight is 701 g/mol. The molecule has 15 nitrogen and oxygen atoms in total. The Labute approximate surface area is 285 Å². The Morgan fingerprint density at radius 2 is 1.63 bits per heavy atom. The van der Waals surface area contributed by atoms with Crippen molar-refractivity contribution in [2.24, 2.45) is 28.6 Å². The highest BCUT2D eigenvalue weighted by Gasteiger charge is 2.62. The molecule has 4 heterocycles. The van der Waals surface area contributed by atoms with Crippen molar-refractivity contribution >= 4 is 11.9 Å². The molecular formula is C34H52O15. The number of esters is 2. The predicted octanol–water partition coefficient (Wildman–Crippen LogP) is -0.347. The highest BCUT2D eigenvalue weighted by molar-refractivity contribution is 5.91. The van der Waals surface area contributed by atoms with E-state index in [1.807, 2.05) is 0 Å². The number of cyclic esters (lactones) is 1. The molecule has 2 saturated carbocycles. The van der Waals surface area contributed by atoms with Crippen molar-refractivity contribution in [2.45, 2.75) is 147 Å². The molecule has 6 rings (SSSR count). The maximum atomic E-state index is 12.4. The van der Waals surface area contributed by atoms with Crippen LogP contribution in [-0.2, 0) is 42.7 Å². The first kappa shape index (κ1) is 37.0. The number of carbonyl (C=O) groups excluding carboxylic acids is 2. The van der Waals surface area contributed by atoms with E-state index >= 15 is 0 Å². The first-order chi connectivity index (χ1) is 23.0. The van der Waals surface area contributed by atoms with Crippen LogP contribution >= 0.6 is 0 Å². The normalized spacial score (nSPS) is 49.7. The smallest absolute Gasteiger partial charge is 0.336 e. The van der Waals surface area contributed by atoms with Crippen LogP contribution in [0.4, 0.5) is 0 Å². The summed E-state index contributed by atoms with van der Waals surface area (Å²) >= 11 is 0. The van der Waals surface area contributed by atoms with Crippen LogP contribution in [0.2, 0.25) is 0 Å². The Hall–Kier alpha value is -1.76. The Balaban J connectivity index is 1.23. The van der Waals surface area contributed by atoms with Crippen LogP contribution in [0.25, 0.3) is 0 Å². The van der Waals surface area contributed by atoms with Gasteiger partial charge in [0.05, 0.1) is 23.9 Å².